The summed E-state index contributed by atoms with van der Waals surface area (Å²) in [6.07, 6.45) is -0.131. The lowest BCUT2D eigenvalue weighted by atomic mass is 10.0. The van der Waals surface area contributed by atoms with Gasteiger partial charge in [-0.05, 0) is 12.1 Å². The Bertz CT molecular complexity index is 404. The van der Waals surface area contributed by atoms with E-state index in [9.17, 15) is 15.0 Å². The topological polar surface area (TPSA) is 113 Å². The van der Waals surface area contributed by atoms with Gasteiger partial charge in [-0.3, -0.25) is 4.79 Å². The highest BCUT2D eigenvalue weighted by molar-refractivity contribution is 5.70. The zero-order valence-electron chi connectivity index (χ0n) is 8.67. The summed E-state index contributed by atoms with van der Waals surface area (Å²) in [4.78, 5) is 11.0. The van der Waals surface area contributed by atoms with Crippen LogP contribution in [0.25, 0.3) is 0 Å². The second kappa shape index (κ2) is 4.71. The molecule has 0 heterocycles. The maximum absolute atomic E-state index is 11.0. The number of benzene rings is 1. The van der Waals surface area contributed by atoms with Crippen molar-refractivity contribution in [3.63, 3.8) is 0 Å². The van der Waals surface area contributed by atoms with Crippen molar-refractivity contribution in [1.29, 1.82) is 0 Å². The third-order valence-electron chi connectivity index (χ3n) is 2.17. The molecule has 1 rings (SSSR count). The molecule has 6 heteroatoms. The summed E-state index contributed by atoms with van der Waals surface area (Å²) in [6, 6.07) is 1.71. The minimum Gasteiger partial charge on any atom is -0.504 e. The number of nitrogens with two attached hydrogens (primary N) is 1. The molecule has 1 aromatic rings. The number of methoxy groups -OCH3 is 1. The van der Waals surface area contributed by atoms with Crippen molar-refractivity contribution in [2.45, 2.75) is 12.5 Å². The first-order chi connectivity index (χ1) is 7.47. The van der Waals surface area contributed by atoms with Crippen molar-refractivity contribution >= 4 is 5.97 Å². The van der Waals surface area contributed by atoms with Crippen LogP contribution in [0, 0.1) is 0 Å². The highest BCUT2D eigenvalue weighted by atomic mass is 16.5. The number of esters is 1. The van der Waals surface area contributed by atoms with Crippen molar-refractivity contribution < 1.29 is 24.9 Å². The maximum Gasteiger partial charge on any atom is 0.307 e. The lowest BCUT2D eigenvalue weighted by molar-refractivity contribution is -0.141. The number of rotatable bonds is 3. The predicted molar refractivity (Wildman–Crippen MR) is 55.0 cm³/mol. The van der Waals surface area contributed by atoms with E-state index >= 15 is 0 Å². The van der Waals surface area contributed by atoms with Crippen LogP contribution in [0.1, 0.15) is 18.0 Å². The minimum atomic E-state index is -0.807. The number of hydrogen-bond donors (Lipinski definition) is 4. The summed E-state index contributed by atoms with van der Waals surface area (Å²) in [5.41, 5.74) is 5.81. The molecule has 88 valence electrons. The van der Waals surface area contributed by atoms with Gasteiger partial charge in [0, 0.05) is 11.6 Å². The standard InChI is InChI=1S/C10H13NO5/c1-16-8(13)4-6(11)5-2-3-7(12)10(15)9(5)14/h2-3,6,12,14-15H,4,11H2,1H3/t6-/m1/s1. The first-order valence-corrected chi connectivity index (χ1v) is 4.53. The van der Waals surface area contributed by atoms with Gasteiger partial charge in [-0.1, -0.05) is 0 Å². The molecule has 0 aliphatic carbocycles. The second-order valence-electron chi connectivity index (χ2n) is 3.26. The second-order valence-corrected chi connectivity index (χ2v) is 3.26. The summed E-state index contributed by atoms with van der Waals surface area (Å²) < 4.78 is 4.42. The van der Waals surface area contributed by atoms with Crippen LogP contribution in [0.2, 0.25) is 0 Å². The normalized spacial score (nSPS) is 12.1. The van der Waals surface area contributed by atoms with Crippen LogP contribution < -0.4 is 5.73 Å². The first-order valence-electron chi connectivity index (χ1n) is 4.53. The molecule has 0 spiro atoms. The summed E-state index contributed by atoms with van der Waals surface area (Å²) >= 11 is 0. The van der Waals surface area contributed by atoms with Crippen LogP contribution >= 0.6 is 0 Å². The Hall–Kier alpha value is -1.95. The molecule has 1 aromatic carbocycles. The number of phenols is 3. The summed E-state index contributed by atoms with van der Waals surface area (Å²) in [5.74, 6) is -2.17. The highest BCUT2D eigenvalue weighted by Gasteiger charge is 2.19. The SMILES string of the molecule is COC(=O)C[C@@H](N)c1ccc(O)c(O)c1O. The average Bonchev–Trinajstić information content (AvgIpc) is 2.25. The summed E-state index contributed by atoms with van der Waals surface area (Å²) in [7, 11) is 1.23. The van der Waals surface area contributed by atoms with Crippen LogP contribution in [0.4, 0.5) is 0 Å². The molecule has 6 nitrogen and oxygen atoms in total. The van der Waals surface area contributed by atoms with E-state index in [1.807, 2.05) is 0 Å². The molecule has 0 saturated heterocycles. The molecule has 1 atom stereocenters. The molecular formula is C10H13NO5. The van der Waals surface area contributed by atoms with Crippen molar-refractivity contribution in [3.05, 3.63) is 17.7 Å². The van der Waals surface area contributed by atoms with Crippen LogP contribution in [-0.4, -0.2) is 28.4 Å². The lowest BCUT2D eigenvalue weighted by Crippen LogP contribution is -2.16. The van der Waals surface area contributed by atoms with E-state index in [0.717, 1.165) is 0 Å². The third-order valence-corrected chi connectivity index (χ3v) is 2.17. The van der Waals surface area contributed by atoms with Crippen molar-refractivity contribution in [3.8, 4) is 17.2 Å². The molecule has 0 unspecified atom stereocenters. The largest absolute Gasteiger partial charge is 0.504 e. The fourth-order valence-electron chi connectivity index (χ4n) is 1.26. The minimum absolute atomic E-state index is 0.131. The van der Waals surface area contributed by atoms with Gasteiger partial charge < -0.3 is 25.8 Å². The van der Waals surface area contributed by atoms with Gasteiger partial charge in [-0.25, -0.2) is 0 Å². The van der Waals surface area contributed by atoms with E-state index in [4.69, 9.17) is 10.8 Å². The summed E-state index contributed by atoms with van der Waals surface area (Å²) in [5, 5.41) is 27.8. The van der Waals surface area contributed by atoms with Gasteiger partial charge >= 0.3 is 5.97 Å². The lowest BCUT2D eigenvalue weighted by Gasteiger charge is -2.13. The van der Waals surface area contributed by atoms with Gasteiger partial charge in [0.15, 0.2) is 11.5 Å². The molecule has 0 aromatic heterocycles. The zero-order chi connectivity index (χ0) is 12.3. The molecule has 0 aliphatic rings. The van der Waals surface area contributed by atoms with Gasteiger partial charge in [0.25, 0.3) is 0 Å². The molecule has 0 bridgehead atoms. The molecule has 0 aliphatic heterocycles. The Morgan fingerprint density at radius 2 is 2.00 bits per heavy atom. The first kappa shape index (κ1) is 12.1. The van der Waals surface area contributed by atoms with Crippen LogP contribution in [0.3, 0.4) is 0 Å². The van der Waals surface area contributed by atoms with E-state index in [2.05, 4.69) is 4.74 Å². The van der Waals surface area contributed by atoms with E-state index < -0.39 is 29.3 Å². The van der Waals surface area contributed by atoms with Gasteiger partial charge in [0.2, 0.25) is 5.75 Å². The Kier molecular flexibility index (Phi) is 3.57. The Labute approximate surface area is 91.9 Å². The average molecular weight is 227 g/mol. The monoisotopic (exact) mass is 227 g/mol. The third kappa shape index (κ3) is 2.34. The zero-order valence-corrected chi connectivity index (χ0v) is 8.67. The molecule has 0 amide bonds. The molecular weight excluding hydrogens is 214 g/mol. The van der Waals surface area contributed by atoms with Crippen molar-refractivity contribution in [2.24, 2.45) is 5.73 Å². The molecule has 0 saturated carbocycles. The fourth-order valence-corrected chi connectivity index (χ4v) is 1.26. The molecule has 5 N–H and O–H groups in total. The fraction of sp³-hybridized carbons (Fsp3) is 0.300. The number of ether oxygens (including phenoxy) is 1. The molecule has 16 heavy (non-hydrogen) atoms. The molecule has 0 fully saturated rings. The van der Waals surface area contributed by atoms with E-state index in [1.165, 1.54) is 19.2 Å². The van der Waals surface area contributed by atoms with Gasteiger partial charge in [0.05, 0.1) is 13.5 Å². The highest BCUT2D eigenvalue weighted by Crippen LogP contribution is 2.39. The van der Waals surface area contributed by atoms with E-state index in [0.29, 0.717) is 0 Å². The Morgan fingerprint density at radius 1 is 1.38 bits per heavy atom. The number of aromatic hydroxyl groups is 3. The van der Waals surface area contributed by atoms with Crippen molar-refractivity contribution in [2.75, 3.05) is 7.11 Å². The maximum atomic E-state index is 11.0. The van der Waals surface area contributed by atoms with Crippen molar-refractivity contribution in [1.82, 2.24) is 0 Å². The smallest absolute Gasteiger partial charge is 0.307 e. The summed E-state index contributed by atoms with van der Waals surface area (Å²) in [6.45, 7) is 0. The van der Waals surface area contributed by atoms with E-state index in [1.54, 1.807) is 0 Å². The van der Waals surface area contributed by atoms with Crippen LogP contribution in [0.15, 0.2) is 12.1 Å². The Morgan fingerprint density at radius 3 is 2.56 bits per heavy atom. The number of phenolic OH excluding ortho intramolecular Hbond substituents is 3. The quantitative estimate of drug-likeness (QED) is 0.438. The van der Waals surface area contributed by atoms with Gasteiger partial charge in [-0.15, -0.1) is 0 Å². The number of carbonyl (C=O) groups is 1. The molecule has 0 radical (unpaired) electrons. The Balaban J connectivity index is 2.96. The number of carbonyl (C=O) groups excluding carboxylic acids is 1. The van der Waals surface area contributed by atoms with Crippen LogP contribution in [-0.2, 0) is 9.53 Å². The van der Waals surface area contributed by atoms with Crippen LogP contribution in [0.5, 0.6) is 17.2 Å². The van der Waals surface area contributed by atoms with E-state index in [-0.39, 0.29) is 12.0 Å². The number of hydrogen-bond acceptors (Lipinski definition) is 6. The van der Waals surface area contributed by atoms with Gasteiger partial charge in [-0.2, -0.15) is 0 Å². The predicted octanol–water partition coefficient (Wildman–Crippen LogP) is 0.366. The van der Waals surface area contributed by atoms with Gasteiger partial charge in [0.1, 0.15) is 0 Å².